The molecule has 33 heavy (non-hydrogen) atoms. The zero-order valence-corrected chi connectivity index (χ0v) is 17.7. The van der Waals surface area contributed by atoms with Gasteiger partial charge in [0, 0.05) is 5.56 Å². The number of hydrogen-bond donors (Lipinski definition) is 3. The molecule has 3 aromatic carbocycles. The van der Waals surface area contributed by atoms with E-state index in [1.165, 1.54) is 26.4 Å². The van der Waals surface area contributed by atoms with Crippen molar-refractivity contribution in [3.05, 3.63) is 58.3 Å². The van der Waals surface area contributed by atoms with E-state index < -0.39 is 24.2 Å². The molecule has 1 aliphatic rings. The minimum atomic E-state index is -0.948. The first-order chi connectivity index (χ1) is 16.0. The summed E-state index contributed by atoms with van der Waals surface area (Å²) in [5.74, 6) is 0.278. The molecule has 1 aliphatic heterocycles. The van der Waals surface area contributed by atoms with E-state index in [0.29, 0.717) is 5.56 Å². The fraction of sp³-hybridized carbons (Fsp3) is 0.208. The van der Waals surface area contributed by atoms with Gasteiger partial charge in [0.2, 0.25) is 16.9 Å². The molecule has 5 rings (SSSR count). The first-order valence-corrected chi connectivity index (χ1v) is 10.1. The number of aliphatic hydroxyl groups excluding tert-OH is 1. The molecule has 0 unspecified atom stereocenters. The zero-order valence-electron chi connectivity index (χ0n) is 17.7. The molecule has 4 aromatic rings. The third-order valence-corrected chi connectivity index (χ3v) is 5.65. The molecule has 1 aromatic heterocycles. The molecule has 170 valence electrons. The minimum Gasteiger partial charge on any atom is -0.507 e. The second-order valence-electron chi connectivity index (χ2n) is 7.47. The summed E-state index contributed by atoms with van der Waals surface area (Å²) in [6, 6.07) is 10.8. The lowest BCUT2D eigenvalue weighted by atomic mass is 10.0. The molecule has 2 atom stereocenters. The Hall–Kier alpha value is -4.11. The first kappa shape index (κ1) is 20.8. The van der Waals surface area contributed by atoms with Crippen LogP contribution >= 0.6 is 0 Å². The van der Waals surface area contributed by atoms with Gasteiger partial charge >= 0.3 is 0 Å². The Morgan fingerprint density at radius 2 is 1.73 bits per heavy atom. The summed E-state index contributed by atoms with van der Waals surface area (Å²) in [7, 11) is 2.83. The topological polar surface area (TPSA) is 128 Å². The highest BCUT2D eigenvalue weighted by Gasteiger charge is 2.38. The van der Waals surface area contributed by atoms with Gasteiger partial charge < -0.3 is 38.7 Å². The molecule has 0 saturated heterocycles. The third-order valence-electron chi connectivity index (χ3n) is 5.65. The Morgan fingerprint density at radius 3 is 2.45 bits per heavy atom. The number of methoxy groups -OCH3 is 2. The normalized spacial score (nSPS) is 17.3. The number of hydrogen-bond acceptors (Lipinski definition) is 9. The van der Waals surface area contributed by atoms with Crippen LogP contribution in [-0.2, 0) is 0 Å². The van der Waals surface area contributed by atoms with Gasteiger partial charge in [0.1, 0.15) is 16.7 Å². The van der Waals surface area contributed by atoms with Crippen molar-refractivity contribution in [1.29, 1.82) is 0 Å². The number of benzene rings is 3. The molecule has 0 bridgehead atoms. The summed E-state index contributed by atoms with van der Waals surface area (Å²) in [4.78, 5) is 13.1. The molecule has 9 heteroatoms. The van der Waals surface area contributed by atoms with Gasteiger partial charge in [-0.3, -0.25) is 4.79 Å². The van der Waals surface area contributed by atoms with Crippen molar-refractivity contribution in [3.63, 3.8) is 0 Å². The van der Waals surface area contributed by atoms with Gasteiger partial charge in [-0.1, -0.05) is 18.2 Å². The average molecular weight is 452 g/mol. The van der Waals surface area contributed by atoms with E-state index in [2.05, 4.69) is 0 Å². The summed E-state index contributed by atoms with van der Waals surface area (Å²) < 4.78 is 28.8. The van der Waals surface area contributed by atoms with Crippen LogP contribution in [0.3, 0.4) is 0 Å². The van der Waals surface area contributed by atoms with Gasteiger partial charge in [0.05, 0.1) is 26.2 Å². The van der Waals surface area contributed by atoms with Gasteiger partial charge in [-0.2, -0.15) is 0 Å². The number of phenols is 2. The van der Waals surface area contributed by atoms with E-state index in [0.717, 1.165) is 0 Å². The number of phenolic OH excluding ortho intramolecular Hbond substituents is 2. The van der Waals surface area contributed by atoms with Crippen molar-refractivity contribution in [2.45, 2.75) is 12.2 Å². The lowest BCUT2D eigenvalue weighted by molar-refractivity contribution is -0.0143. The highest BCUT2D eigenvalue weighted by Crippen LogP contribution is 2.51. The Kier molecular flexibility index (Phi) is 4.90. The summed E-state index contributed by atoms with van der Waals surface area (Å²) in [5.41, 5.74) is 0.116. The van der Waals surface area contributed by atoms with Crippen LogP contribution in [0, 0.1) is 0 Å². The maximum atomic E-state index is 13.1. The highest BCUT2D eigenvalue weighted by atomic mass is 16.6. The van der Waals surface area contributed by atoms with Gasteiger partial charge in [0.25, 0.3) is 0 Å². The number of para-hydroxylation sites is 1. The standard InChI is InChI=1S/C24H20O9/c1-29-15-8-3-5-11(19(15)27)21-17(10-25)32-24-22-12(9-16(30-2)23(24)33-21)20(28)18-13(26)6-4-7-14(18)31-22/h3-9,17,21,25-27H,10H2,1-2H3/t17-,21-/m1/s1. The number of rotatable bonds is 4. The van der Waals surface area contributed by atoms with E-state index in [9.17, 15) is 20.1 Å². The third kappa shape index (κ3) is 3.08. The van der Waals surface area contributed by atoms with Crippen molar-refractivity contribution in [2.75, 3.05) is 20.8 Å². The van der Waals surface area contributed by atoms with Crippen molar-refractivity contribution in [3.8, 4) is 34.5 Å². The predicted molar refractivity (Wildman–Crippen MR) is 118 cm³/mol. The Labute approximate surface area is 186 Å². The van der Waals surface area contributed by atoms with Crippen molar-refractivity contribution in [2.24, 2.45) is 0 Å². The molecular formula is C24H20O9. The van der Waals surface area contributed by atoms with E-state index >= 15 is 0 Å². The quantitative estimate of drug-likeness (QED) is 0.400. The van der Waals surface area contributed by atoms with Crippen molar-refractivity contribution in [1.82, 2.24) is 0 Å². The zero-order chi connectivity index (χ0) is 23.3. The van der Waals surface area contributed by atoms with Crippen molar-refractivity contribution >= 4 is 21.9 Å². The summed E-state index contributed by atoms with van der Waals surface area (Å²) in [6.45, 7) is -0.460. The molecule has 0 fully saturated rings. The van der Waals surface area contributed by atoms with Crippen LogP contribution in [0.2, 0.25) is 0 Å². The van der Waals surface area contributed by atoms with Crippen LogP contribution in [0.5, 0.6) is 34.5 Å². The Bertz CT molecular complexity index is 1440. The van der Waals surface area contributed by atoms with Crippen LogP contribution in [0.15, 0.2) is 51.7 Å². The highest BCUT2D eigenvalue weighted by molar-refractivity contribution is 5.97. The molecule has 0 radical (unpaired) electrons. The smallest absolute Gasteiger partial charge is 0.209 e. The lowest BCUT2D eigenvalue weighted by Gasteiger charge is -2.34. The van der Waals surface area contributed by atoms with E-state index in [1.54, 1.807) is 30.3 Å². The molecule has 0 saturated carbocycles. The monoisotopic (exact) mass is 452 g/mol. The number of ether oxygens (including phenoxy) is 4. The maximum Gasteiger partial charge on any atom is 0.209 e. The predicted octanol–water partition coefficient (Wildman–Crippen LogP) is 3.25. The van der Waals surface area contributed by atoms with E-state index in [1.807, 2.05) is 0 Å². The largest absolute Gasteiger partial charge is 0.507 e. The van der Waals surface area contributed by atoms with Gasteiger partial charge in [-0.15, -0.1) is 0 Å². The number of aromatic hydroxyl groups is 2. The van der Waals surface area contributed by atoms with Gasteiger partial charge in [-0.25, -0.2) is 0 Å². The maximum absolute atomic E-state index is 13.1. The van der Waals surface area contributed by atoms with Gasteiger partial charge in [-0.05, 0) is 24.3 Å². The minimum absolute atomic E-state index is 0.0293. The fourth-order valence-corrected chi connectivity index (χ4v) is 4.06. The van der Waals surface area contributed by atoms with Crippen LogP contribution in [0.4, 0.5) is 0 Å². The first-order valence-electron chi connectivity index (χ1n) is 10.1. The van der Waals surface area contributed by atoms with E-state index in [4.69, 9.17) is 23.4 Å². The second kappa shape index (κ2) is 7.79. The Morgan fingerprint density at radius 1 is 0.970 bits per heavy atom. The van der Waals surface area contributed by atoms with Crippen LogP contribution < -0.4 is 24.4 Å². The number of aliphatic hydroxyl groups is 1. The molecular weight excluding hydrogens is 432 g/mol. The molecule has 9 nitrogen and oxygen atoms in total. The van der Waals surface area contributed by atoms with Crippen LogP contribution in [-0.4, -0.2) is 42.3 Å². The molecule has 2 heterocycles. The van der Waals surface area contributed by atoms with Crippen molar-refractivity contribution < 1.29 is 38.7 Å². The lowest BCUT2D eigenvalue weighted by Crippen LogP contribution is -2.36. The fourth-order valence-electron chi connectivity index (χ4n) is 4.06. The second-order valence-corrected chi connectivity index (χ2v) is 7.47. The molecule has 0 amide bonds. The summed E-state index contributed by atoms with van der Waals surface area (Å²) in [6.07, 6.45) is -1.86. The summed E-state index contributed by atoms with van der Waals surface area (Å²) >= 11 is 0. The number of fused-ring (bicyclic) bond motifs is 4. The Balaban J connectivity index is 1.76. The molecule has 3 N–H and O–H groups in total. The SMILES string of the molecule is COc1cccc([C@H]2Oc3c(OC)cc4c(=O)c5c(O)cccc5oc4c3O[C@@H]2CO)c1O. The van der Waals surface area contributed by atoms with Crippen LogP contribution in [0.1, 0.15) is 11.7 Å². The summed E-state index contributed by atoms with van der Waals surface area (Å²) in [5, 5.41) is 31.0. The molecule has 0 aliphatic carbocycles. The average Bonchev–Trinajstić information content (AvgIpc) is 2.83. The van der Waals surface area contributed by atoms with Crippen LogP contribution in [0.25, 0.3) is 21.9 Å². The van der Waals surface area contributed by atoms with Gasteiger partial charge in [0.15, 0.2) is 35.0 Å². The van der Waals surface area contributed by atoms with E-state index in [-0.39, 0.29) is 56.4 Å². The molecule has 0 spiro atoms.